The van der Waals surface area contributed by atoms with Crippen LogP contribution in [-0.2, 0) is 4.79 Å². The zero-order valence-corrected chi connectivity index (χ0v) is 12.8. The first-order valence-electron chi connectivity index (χ1n) is 6.63. The van der Waals surface area contributed by atoms with Gasteiger partial charge in [0.15, 0.2) is 5.78 Å². The van der Waals surface area contributed by atoms with Gasteiger partial charge in [-0.1, -0.05) is 34.3 Å². The fraction of sp³-hybridized carbons (Fsp3) is 0.625. The summed E-state index contributed by atoms with van der Waals surface area (Å²) in [6.07, 6.45) is 4.36. The van der Waals surface area contributed by atoms with Gasteiger partial charge >= 0.3 is 0 Å². The van der Waals surface area contributed by atoms with Crippen molar-refractivity contribution in [2.24, 2.45) is 10.4 Å². The summed E-state index contributed by atoms with van der Waals surface area (Å²) in [5.41, 5.74) is 2.74. The Hall–Kier alpha value is -1.18. The third-order valence-corrected chi connectivity index (χ3v) is 2.79. The number of allylic oxidation sites excluding steroid dienone is 3. The third kappa shape index (κ3) is 5.95. The number of nitrogens with zero attached hydrogens (tertiary/aromatic N) is 1. The van der Waals surface area contributed by atoms with Crippen molar-refractivity contribution in [3.63, 3.8) is 0 Å². The average molecular weight is 249 g/mol. The van der Waals surface area contributed by atoms with Crippen LogP contribution >= 0.6 is 0 Å². The lowest BCUT2D eigenvalue weighted by Crippen LogP contribution is -2.09. The predicted octanol–water partition coefficient (Wildman–Crippen LogP) is 4.71. The first-order chi connectivity index (χ1) is 8.22. The Bertz CT molecular complexity index is 367. The molecule has 0 saturated heterocycles. The maximum absolute atomic E-state index is 11.8. The highest BCUT2D eigenvalue weighted by Crippen LogP contribution is 2.28. The van der Waals surface area contributed by atoms with Crippen molar-refractivity contribution in [2.75, 3.05) is 0 Å². The zero-order valence-electron chi connectivity index (χ0n) is 12.8. The van der Waals surface area contributed by atoms with Crippen LogP contribution in [0, 0.1) is 5.41 Å². The zero-order chi connectivity index (χ0) is 14.3. The minimum Gasteiger partial charge on any atom is -0.294 e. The highest BCUT2D eigenvalue weighted by molar-refractivity contribution is 5.98. The number of hydrogen-bond donors (Lipinski definition) is 0. The van der Waals surface area contributed by atoms with Crippen LogP contribution in [0.2, 0.25) is 0 Å². The fourth-order valence-corrected chi connectivity index (χ4v) is 1.80. The Balaban J connectivity index is 5.13. The molecule has 0 fully saturated rings. The van der Waals surface area contributed by atoms with Crippen LogP contribution in [0.4, 0.5) is 0 Å². The molecule has 0 bridgehead atoms. The highest BCUT2D eigenvalue weighted by atomic mass is 16.1. The van der Waals surface area contributed by atoms with E-state index in [4.69, 9.17) is 0 Å². The number of ketones is 1. The van der Waals surface area contributed by atoms with E-state index in [1.54, 1.807) is 13.1 Å². The molecule has 0 unspecified atom stereocenters. The number of carbonyl (C=O) groups excluding carboxylic acids is 1. The van der Waals surface area contributed by atoms with Gasteiger partial charge in [-0.05, 0) is 44.1 Å². The second kappa shape index (κ2) is 7.30. The first kappa shape index (κ1) is 16.8. The summed E-state index contributed by atoms with van der Waals surface area (Å²) < 4.78 is 0. The van der Waals surface area contributed by atoms with E-state index in [0.29, 0.717) is 0 Å². The quantitative estimate of drug-likeness (QED) is 0.381. The second-order valence-electron chi connectivity index (χ2n) is 5.78. The summed E-state index contributed by atoms with van der Waals surface area (Å²) in [6, 6.07) is 0. The topological polar surface area (TPSA) is 29.4 Å². The maximum Gasteiger partial charge on any atom is 0.161 e. The van der Waals surface area contributed by atoms with E-state index in [0.717, 1.165) is 36.1 Å². The Kier molecular flexibility index (Phi) is 6.82. The summed E-state index contributed by atoms with van der Waals surface area (Å²) in [5, 5.41) is 0. The van der Waals surface area contributed by atoms with Gasteiger partial charge in [-0.2, -0.15) is 0 Å². The predicted molar refractivity (Wildman–Crippen MR) is 80.0 cm³/mol. The standard InChI is InChI=1S/C16H27NO/c1-8-14(17-9-2)15(13(4)18)12(3)10-11-16(5,6)7/h9H,3,8,10-11H2,1-2,4-7H3/b15-14+,17-9?. The second-order valence-corrected chi connectivity index (χ2v) is 5.78. The van der Waals surface area contributed by atoms with Crippen molar-refractivity contribution in [1.29, 1.82) is 0 Å². The molecule has 18 heavy (non-hydrogen) atoms. The van der Waals surface area contributed by atoms with Gasteiger partial charge in [0, 0.05) is 11.8 Å². The molecule has 102 valence electrons. The molecule has 0 aliphatic heterocycles. The smallest absolute Gasteiger partial charge is 0.161 e. The van der Waals surface area contributed by atoms with Crippen molar-refractivity contribution in [1.82, 2.24) is 0 Å². The lowest BCUT2D eigenvalue weighted by Gasteiger charge is -2.19. The molecular weight excluding hydrogens is 222 g/mol. The number of hydrogen-bond acceptors (Lipinski definition) is 2. The summed E-state index contributed by atoms with van der Waals surface area (Å²) in [4.78, 5) is 16.1. The summed E-state index contributed by atoms with van der Waals surface area (Å²) in [5.74, 6) is 0.0661. The van der Waals surface area contributed by atoms with Crippen LogP contribution < -0.4 is 0 Å². The van der Waals surface area contributed by atoms with Gasteiger partial charge in [0.1, 0.15) is 0 Å². The lowest BCUT2D eigenvalue weighted by molar-refractivity contribution is -0.113. The highest BCUT2D eigenvalue weighted by Gasteiger charge is 2.16. The van der Waals surface area contributed by atoms with Crippen molar-refractivity contribution in [3.8, 4) is 0 Å². The number of rotatable bonds is 6. The summed E-state index contributed by atoms with van der Waals surface area (Å²) >= 11 is 0. The molecule has 2 heteroatoms. The van der Waals surface area contributed by atoms with Gasteiger partial charge in [-0.25, -0.2) is 0 Å². The van der Waals surface area contributed by atoms with Gasteiger partial charge in [-0.3, -0.25) is 9.79 Å². The molecule has 2 nitrogen and oxygen atoms in total. The SMILES string of the molecule is C=C(CCC(C)(C)C)/C(C(C)=O)=C(/CC)N=CC. The van der Waals surface area contributed by atoms with Crippen LogP contribution in [0.3, 0.4) is 0 Å². The average Bonchev–Trinajstić information content (AvgIpc) is 2.24. The normalized spacial score (nSPS) is 13.7. The van der Waals surface area contributed by atoms with Crippen LogP contribution in [0.15, 0.2) is 28.4 Å². The van der Waals surface area contributed by atoms with Crippen LogP contribution in [0.1, 0.15) is 60.8 Å². The Morgan fingerprint density at radius 3 is 2.22 bits per heavy atom. The molecule has 0 aromatic rings. The van der Waals surface area contributed by atoms with E-state index >= 15 is 0 Å². The fourth-order valence-electron chi connectivity index (χ4n) is 1.80. The Morgan fingerprint density at radius 2 is 1.89 bits per heavy atom. The maximum atomic E-state index is 11.8. The Labute approximate surface area is 112 Å². The molecular formula is C16H27NO. The molecule has 0 rings (SSSR count). The number of Topliss-reactive ketones (excluding diaryl/α,β-unsaturated/α-hetero) is 1. The minimum atomic E-state index is 0.0661. The number of aliphatic imine (C=N–C) groups is 1. The van der Waals surface area contributed by atoms with Gasteiger partial charge in [0.25, 0.3) is 0 Å². The minimum absolute atomic E-state index is 0.0661. The van der Waals surface area contributed by atoms with Gasteiger partial charge < -0.3 is 0 Å². The van der Waals surface area contributed by atoms with Crippen LogP contribution in [-0.4, -0.2) is 12.0 Å². The molecule has 0 spiro atoms. The van der Waals surface area contributed by atoms with Crippen LogP contribution in [0.25, 0.3) is 0 Å². The number of carbonyl (C=O) groups is 1. The van der Waals surface area contributed by atoms with Crippen molar-refractivity contribution in [2.45, 2.75) is 60.8 Å². The molecule has 0 atom stereocenters. The molecule has 0 saturated carbocycles. The molecule has 0 radical (unpaired) electrons. The summed E-state index contributed by atoms with van der Waals surface area (Å²) in [7, 11) is 0. The lowest BCUT2D eigenvalue weighted by atomic mass is 9.86. The van der Waals surface area contributed by atoms with Crippen molar-refractivity contribution >= 4 is 12.0 Å². The van der Waals surface area contributed by atoms with E-state index < -0.39 is 0 Å². The molecule has 0 aromatic heterocycles. The molecule has 0 aliphatic carbocycles. The largest absolute Gasteiger partial charge is 0.294 e. The van der Waals surface area contributed by atoms with Crippen LogP contribution in [0.5, 0.6) is 0 Å². The van der Waals surface area contributed by atoms with E-state index in [9.17, 15) is 4.79 Å². The van der Waals surface area contributed by atoms with E-state index in [-0.39, 0.29) is 11.2 Å². The van der Waals surface area contributed by atoms with Gasteiger partial charge in [0.05, 0.1) is 5.70 Å². The van der Waals surface area contributed by atoms with Crippen molar-refractivity contribution < 1.29 is 4.79 Å². The molecule has 0 N–H and O–H groups in total. The third-order valence-electron chi connectivity index (χ3n) is 2.79. The molecule has 0 amide bonds. The van der Waals surface area contributed by atoms with Gasteiger partial charge in [-0.15, -0.1) is 0 Å². The summed E-state index contributed by atoms with van der Waals surface area (Å²) in [6.45, 7) is 16.1. The van der Waals surface area contributed by atoms with Crippen molar-refractivity contribution in [3.05, 3.63) is 23.4 Å². The molecule has 0 aromatic carbocycles. The Morgan fingerprint density at radius 1 is 1.33 bits per heavy atom. The van der Waals surface area contributed by atoms with E-state index in [2.05, 4.69) is 32.3 Å². The van der Waals surface area contributed by atoms with E-state index in [1.165, 1.54) is 0 Å². The molecule has 0 heterocycles. The van der Waals surface area contributed by atoms with E-state index in [1.807, 2.05) is 13.8 Å². The first-order valence-corrected chi connectivity index (χ1v) is 6.63. The molecule has 0 aliphatic rings. The monoisotopic (exact) mass is 249 g/mol. The van der Waals surface area contributed by atoms with Gasteiger partial charge in [0.2, 0.25) is 0 Å².